The molecule has 3 aromatic rings. The maximum absolute atomic E-state index is 2.42. The van der Waals surface area contributed by atoms with Crippen molar-refractivity contribution in [2.24, 2.45) is 0 Å². The van der Waals surface area contributed by atoms with Gasteiger partial charge in [-0.3, -0.25) is 0 Å². The van der Waals surface area contributed by atoms with Crippen LogP contribution < -0.4 is 9.47 Å². The molecule has 126 valence electrons. The topological polar surface area (TPSA) is 12.1 Å². The summed E-state index contributed by atoms with van der Waals surface area (Å²) >= 11 is 0. The minimum Gasteiger partial charge on any atom is -0.372 e. The second-order valence-electron chi connectivity index (χ2n) is 6.02. The molecule has 24 heavy (non-hydrogen) atoms. The van der Waals surface area contributed by atoms with E-state index >= 15 is 0 Å². The van der Waals surface area contributed by atoms with Gasteiger partial charge in [0.25, 0.3) is 5.82 Å². The Hall–Kier alpha value is -2.29. The fourth-order valence-corrected chi connectivity index (χ4v) is 3.66. The van der Waals surface area contributed by atoms with Gasteiger partial charge in [0.2, 0.25) is 0 Å². The maximum atomic E-state index is 2.42. The third-order valence-corrected chi connectivity index (χ3v) is 4.86. The summed E-state index contributed by atoms with van der Waals surface area (Å²) in [5.41, 5.74) is 5.20. The lowest BCUT2D eigenvalue weighted by atomic mass is 10.1. The molecule has 0 bridgehead atoms. The number of aromatic nitrogens is 2. The molecular formula is C21H28N3+. The van der Waals surface area contributed by atoms with Crippen molar-refractivity contribution in [3.8, 4) is 11.4 Å². The summed E-state index contributed by atoms with van der Waals surface area (Å²) in [5, 5.41) is 0. The van der Waals surface area contributed by atoms with Gasteiger partial charge in [0.05, 0.1) is 18.7 Å². The van der Waals surface area contributed by atoms with Crippen molar-refractivity contribution in [1.82, 2.24) is 4.57 Å². The number of nitrogens with zero attached hydrogens (tertiary/aromatic N) is 3. The zero-order valence-electron chi connectivity index (χ0n) is 15.3. The van der Waals surface area contributed by atoms with Crippen molar-refractivity contribution in [2.45, 2.75) is 40.8 Å². The number of hydrogen-bond acceptors (Lipinski definition) is 1. The van der Waals surface area contributed by atoms with Crippen molar-refractivity contribution in [3.05, 3.63) is 48.5 Å². The van der Waals surface area contributed by atoms with E-state index in [9.17, 15) is 0 Å². The van der Waals surface area contributed by atoms with E-state index in [2.05, 4.69) is 90.3 Å². The van der Waals surface area contributed by atoms with Crippen LogP contribution in [0.3, 0.4) is 0 Å². The molecule has 0 saturated carbocycles. The molecule has 3 nitrogen and oxygen atoms in total. The first-order chi connectivity index (χ1) is 11.7. The molecule has 1 aromatic heterocycles. The Morgan fingerprint density at radius 2 is 1.54 bits per heavy atom. The van der Waals surface area contributed by atoms with E-state index in [1.807, 2.05) is 0 Å². The zero-order chi connectivity index (χ0) is 17.1. The van der Waals surface area contributed by atoms with Crippen LogP contribution in [-0.2, 0) is 13.1 Å². The Morgan fingerprint density at radius 1 is 0.875 bits per heavy atom. The Morgan fingerprint density at radius 3 is 2.12 bits per heavy atom. The van der Waals surface area contributed by atoms with Crippen LogP contribution in [0.5, 0.6) is 0 Å². The largest absolute Gasteiger partial charge is 0.372 e. The number of benzene rings is 2. The molecule has 0 amide bonds. The van der Waals surface area contributed by atoms with Crippen LogP contribution in [0.25, 0.3) is 22.4 Å². The zero-order valence-corrected chi connectivity index (χ0v) is 15.3. The highest BCUT2D eigenvalue weighted by Gasteiger charge is 2.24. The van der Waals surface area contributed by atoms with Crippen LogP contribution in [0, 0.1) is 0 Å². The van der Waals surface area contributed by atoms with Crippen LogP contribution in [0.15, 0.2) is 48.5 Å². The van der Waals surface area contributed by atoms with Gasteiger partial charge < -0.3 is 4.90 Å². The number of rotatable bonds is 6. The summed E-state index contributed by atoms with van der Waals surface area (Å²) in [7, 11) is 0. The fourth-order valence-electron chi connectivity index (χ4n) is 3.66. The summed E-state index contributed by atoms with van der Waals surface area (Å²) < 4.78 is 4.84. The molecule has 0 radical (unpaired) electrons. The van der Waals surface area contributed by atoms with E-state index in [-0.39, 0.29) is 0 Å². The first-order valence-electron chi connectivity index (χ1n) is 9.11. The van der Waals surface area contributed by atoms with Gasteiger partial charge in [-0.05, 0) is 64.1 Å². The molecular weight excluding hydrogens is 294 g/mol. The monoisotopic (exact) mass is 322 g/mol. The van der Waals surface area contributed by atoms with Crippen molar-refractivity contribution in [1.29, 1.82) is 0 Å². The van der Waals surface area contributed by atoms with Gasteiger partial charge in [0.1, 0.15) is 0 Å². The lowest BCUT2D eigenvalue weighted by molar-refractivity contribution is -0.657. The molecule has 1 heterocycles. The standard InChI is InChI=1S/C21H28N3/c1-5-22(6-2)18-15-13-17(14-16-18)21-23(7-3)19-11-9-10-12-20(19)24(21)8-4/h9-16H,5-8H2,1-4H3/q+1. The third-order valence-electron chi connectivity index (χ3n) is 4.86. The summed E-state index contributed by atoms with van der Waals surface area (Å²) in [6.07, 6.45) is 0. The van der Waals surface area contributed by atoms with Crippen molar-refractivity contribution in [3.63, 3.8) is 0 Å². The first-order valence-corrected chi connectivity index (χ1v) is 9.11. The van der Waals surface area contributed by atoms with E-state index in [4.69, 9.17) is 0 Å². The van der Waals surface area contributed by atoms with Crippen LogP contribution in [0.4, 0.5) is 5.69 Å². The molecule has 0 spiro atoms. The minimum atomic E-state index is 0.973. The van der Waals surface area contributed by atoms with Crippen LogP contribution in [-0.4, -0.2) is 17.7 Å². The predicted octanol–water partition coefficient (Wildman–Crippen LogP) is 4.48. The van der Waals surface area contributed by atoms with Crippen molar-refractivity contribution in [2.75, 3.05) is 18.0 Å². The molecule has 0 fully saturated rings. The Labute approximate surface area is 145 Å². The smallest absolute Gasteiger partial charge is 0.289 e. The van der Waals surface area contributed by atoms with Gasteiger partial charge in [-0.1, -0.05) is 12.1 Å². The Balaban J connectivity index is 2.15. The Bertz CT molecular complexity index is 770. The average molecular weight is 322 g/mol. The molecule has 3 heteroatoms. The highest BCUT2D eigenvalue weighted by atomic mass is 15.2. The molecule has 0 saturated heterocycles. The van der Waals surface area contributed by atoms with Gasteiger partial charge in [0, 0.05) is 18.8 Å². The molecule has 0 aliphatic carbocycles. The molecule has 0 atom stereocenters. The van der Waals surface area contributed by atoms with E-state index < -0.39 is 0 Å². The number of imidazole rings is 1. The van der Waals surface area contributed by atoms with Crippen LogP contribution in [0.1, 0.15) is 27.7 Å². The SMILES string of the molecule is CCN(CC)c1ccc(-c2n(CC)c3ccccc3[n+]2CC)cc1. The lowest BCUT2D eigenvalue weighted by Gasteiger charge is -2.20. The lowest BCUT2D eigenvalue weighted by Crippen LogP contribution is -2.34. The quantitative estimate of drug-likeness (QED) is 0.609. The van der Waals surface area contributed by atoms with Gasteiger partial charge in [-0.15, -0.1) is 0 Å². The van der Waals surface area contributed by atoms with Gasteiger partial charge in [0.15, 0.2) is 11.0 Å². The second-order valence-corrected chi connectivity index (χ2v) is 6.02. The molecule has 0 N–H and O–H groups in total. The van der Waals surface area contributed by atoms with E-state index in [1.165, 1.54) is 28.1 Å². The van der Waals surface area contributed by atoms with E-state index in [1.54, 1.807) is 0 Å². The van der Waals surface area contributed by atoms with Crippen LogP contribution in [0.2, 0.25) is 0 Å². The number of para-hydroxylation sites is 2. The normalized spacial score (nSPS) is 11.2. The molecule has 3 rings (SSSR count). The summed E-state index contributed by atoms with van der Waals surface area (Å²) in [6.45, 7) is 12.9. The van der Waals surface area contributed by atoms with Crippen molar-refractivity contribution < 1.29 is 4.57 Å². The van der Waals surface area contributed by atoms with E-state index in [0.717, 1.165) is 26.2 Å². The summed E-state index contributed by atoms with van der Waals surface area (Å²) in [5.74, 6) is 1.30. The number of fused-ring (bicyclic) bond motifs is 1. The van der Waals surface area contributed by atoms with Gasteiger partial charge >= 0.3 is 0 Å². The number of hydrogen-bond donors (Lipinski definition) is 0. The first kappa shape index (κ1) is 16.6. The maximum Gasteiger partial charge on any atom is 0.289 e. The predicted molar refractivity (Wildman–Crippen MR) is 102 cm³/mol. The van der Waals surface area contributed by atoms with E-state index in [0.29, 0.717) is 0 Å². The summed E-state index contributed by atoms with van der Waals surface area (Å²) in [4.78, 5) is 2.38. The average Bonchev–Trinajstić information content (AvgIpc) is 2.96. The molecule has 0 aliphatic heterocycles. The molecule has 0 aliphatic rings. The fraction of sp³-hybridized carbons (Fsp3) is 0.381. The summed E-state index contributed by atoms with van der Waals surface area (Å²) in [6, 6.07) is 17.7. The minimum absolute atomic E-state index is 0.973. The Kier molecular flexibility index (Phi) is 4.89. The van der Waals surface area contributed by atoms with Gasteiger partial charge in [-0.25, -0.2) is 9.13 Å². The third kappa shape index (κ3) is 2.68. The molecule has 0 unspecified atom stereocenters. The number of aryl methyl sites for hydroxylation is 2. The van der Waals surface area contributed by atoms with Gasteiger partial charge in [-0.2, -0.15) is 0 Å². The van der Waals surface area contributed by atoms with Crippen LogP contribution >= 0.6 is 0 Å². The highest BCUT2D eigenvalue weighted by molar-refractivity contribution is 5.76. The molecule has 2 aromatic carbocycles. The second kappa shape index (κ2) is 7.08. The number of anilines is 1. The highest BCUT2D eigenvalue weighted by Crippen LogP contribution is 2.25. The van der Waals surface area contributed by atoms with Crippen molar-refractivity contribution >= 4 is 16.7 Å².